The van der Waals surface area contributed by atoms with Crippen LogP contribution >= 0.6 is 0 Å². The molecule has 0 aliphatic heterocycles. The van der Waals surface area contributed by atoms with Gasteiger partial charge in [0.25, 0.3) is 0 Å². The fraction of sp³-hybridized carbons (Fsp3) is 1.00. The zero-order valence-corrected chi connectivity index (χ0v) is 8.58. The Morgan fingerprint density at radius 3 is 2.25 bits per heavy atom. The van der Waals surface area contributed by atoms with Crippen LogP contribution in [0.4, 0.5) is 0 Å². The summed E-state index contributed by atoms with van der Waals surface area (Å²) in [5, 5.41) is 2.97. The van der Waals surface area contributed by atoms with Crippen LogP contribution in [-0.4, -0.2) is 32.5 Å². The zero-order valence-electron chi connectivity index (χ0n) is 7.76. The van der Waals surface area contributed by atoms with Crippen molar-refractivity contribution in [1.82, 2.24) is 5.32 Å². The van der Waals surface area contributed by atoms with Crippen LogP contribution < -0.4 is 5.32 Å². The van der Waals surface area contributed by atoms with E-state index >= 15 is 0 Å². The molecule has 0 heterocycles. The van der Waals surface area contributed by atoms with Crippen molar-refractivity contribution in [2.45, 2.75) is 30.9 Å². The second-order valence-electron chi connectivity index (χ2n) is 3.47. The molecule has 0 aromatic heterocycles. The number of hydrogen-bond acceptors (Lipinski definition) is 3. The second-order valence-corrected chi connectivity index (χ2v) is 6.14. The highest BCUT2D eigenvalue weighted by atomic mass is 32.2. The summed E-state index contributed by atoms with van der Waals surface area (Å²) in [6.07, 6.45) is 2.73. The van der Waals surface area contributed by atoms with Gasteiger partial charge in [-0.15, -0.1) is 0 Å². The summed E-state index contributed by atoms with van der Waals surface area (Å²) in [7, 11) is -1.04. The fourth-order valence-corrected chi connectivity index (χ4v) is 3.68. The van der Waals surface area contributed by atoms with Crippen molar-refractivity contribution >= 4 is 9.84 Å². The molecule has 0 unspecified atom stereocenters. The third-order valence-corrected chi connectivity index (χ3v) is 5.44. The van der Waals surface area contributed by atoms with Crippen molar-refractivity contribution < 1.29 is 8.42 Å². The van der Waals surface area contributed by atoms with E-state index in [2.05, 4.69) is 5.32 Å². The number of nitrogens with one attached hydrogen (secondary N) is 1. The Labute approximate surface area is 74.5 Å². The summed E-state index contributed by atoms with van der Waals surface area (Å²) in [4.78, 5) is 0. The van der Waals surface area contributed by atoms with Gasteiger partial charge in [0.1, 0.15) is 0 Å². The van der Waals surface area contributed by atoms with E-state index in [1.807, 2.05) is 7.05 Å². The van der Waals surface area contributed by atoms with Crippen LogP contribution in [0.25, 0.3) is 0 Å². The molecule has 0 aromatic carbocycles. The van der Waals surface area contributed by atoms with Crippen LogP contribution in [0.2, 0.25) is 0 Å². The molecule has 0 aromatic rings. The molecule has 0 atom stereocenters. The smallest absolute Gasteiger partial charge is 0.156 e. The van der Waals surface area contributed by atoms with Crippen molar-refractivity contribution in [3.05, 3.63) is 0 Å². The molecule has 3 nitrogen and oxygen atoms in total. The summed E-state index contributed by atoms with van der Waals surface area (Å²) in [6.45, 7) is 2.34. The Hall–Kier alpha value is -0.0900. The van der Waals surface area contributed by atoms with Crippen molar-refractivity contribution in [2.24, 2.45) is 0 Å². The highest BCUT2D eigenvalue weighted by Crippen LogP contribution is 2.39. The maximum Gasteiger partial charge on any atom is 0.156 e. The van der Waals surface area contributed by atoms with E-state index in [1.165, 1.54) is 0 Å². The first-order valence-electron chi connectivity index (χ1n) is 4.45. The van der Waals surface area contributed by atoms with E-state index in [4.69, 9.17) is 0 Å². The molecule has 12 heavy (non-hydrogen) atoms. The van der Waals surface area contributed by atoms with E-state index < -0.39 is 14.6 Å². The monoisotopic (exact) mass is 191 g/mol. The molecule has 1 aliphatic carbocycles. The molecule has 0 bridgehead atoms. The van der Waals surface area contributed by atoms with Gasteiger partial charge in [0.05, 0.1) is 4.75 Å². The Balaban J connectivity index is 2.80. The highest BCUT2D eigenvalue weighted by Gasteiger charge is 2.46. The minimum atomic E-state index is -2.85. The summed E-state index contributed by atoms with van der Waals surface area (Å²) in [5.41, 5.74) is 0. The fourth-order valence-electron chi connectivity index (χ4n) is 1.80. The molecule has 72 valence electrons. The van der Waals surface area contributed by atoms with Gasteiger partial charge in [0.15, 0.2) is 9.84 Å². The predicted molar refractivity (Wildman–Crippen MR) is 50.0 cm³/mol. The minimum Gasteiger partial charge on any atom is -0.318 e. The van der Waals surface area contributed by atoms with Crippen LogP contribution in [0.3, 0.4) is 0 Å². The molecule has 0 radical (unpaired) electrons. The Morgan fingerprint density at radius 2 is 2.00 bits per heavy atom. The quantitative estimate of drug-likeness (QED) is 0.706. The van der Waals surface area contributed by atoms with Crippen molar-refractivity contribution in [1.29, 1.82) is 0 Å². The van der Waals surface area contributed by atoms with Gasteiger partial charge in [-0.05, 0) is 19.9 Å². The van der Waals surface area contributed by atoms with Crippen LogP contribution in [0.1, 0.15) is 26.2 Å². The first-order valence-corrected chi connectivity index (χ1v) is 6.10. The van der Waals surface area contributed by atoms with Gasteiger partial charge in [-0.2, -0.15) is 0 Å². The summed E-state index contributed by atoms with van der Waals surface area (Å²) < 4.78 is 22.9. The van der Waals surface area contributed by atoms with Gasteiger partial charge in [-0.1, -0.05) is 13.3 Å². The minimum absolute atomic E-state index is 0.272. The first kappa shape index (κ1) is 9.99. The summed E-state index contributed by atoms with van der Waals surface area (Å²) >= 11 is 0. The normalized spacial score (nSPS) is 21.8. The second kappa shape index (κ2) is 3.34. The molecule has 1 rings (SSSR count). The molecular formula is C8H17NO2S. The molecular weight excluding hydrogens is 174 g/mol. The van der Waals surface area contributed by atoms with Gasteiger partial charge in [-0.3, -0.25) is 0 Å². The van der Waals surface area contributed by atoms with E-state index in [0.29, 0.717) is 6.54 Å². The van der Waals surface area contributed by atoms with Crippen LogP contribution in [0.15, 0.2) is 0 Å². The molecule has 1 fully saturated rings. The topological polar surface area (TPSA) is 46.2 Å². The largest absolute Gasteiger partial charge is 0.318 e. The Kier molecular flexibility index (Phi) is 2.78. The average Bonchev–Trinajstić information content (AvgIpc) is 1.96. The predicted octanol–water partition coefficient (Wildman–Crippen LogP) is 0.563. The molecule has 1 saturated carbocycles. The van der Waals surface area contributed by atoms with Gasteiger partial charge < -0.3 is 5.32 Å². The van der Waals surface area contributed by atoms with E-state index in [9.17, 15) is 8.42 Å². The van der Waals surface area contributed by atoms with Crippen LogP contribution in [0.5, 0.6) is 0 Å². The maximum atomic E-state index is 11.7. The zero-order chi connectivity index (χ0) is 9.24. The van der Waals surface area contributed by atoms with Crippen molar-refractivity contribution in [3.63, 3.8) is 0 Å². The molecule has 1 aliphatic rings. The van der Waals surface area contributed by atoms with Gasteiger partial charge in [0, 0.05) is 12.3 Å². The van der Waals surface area contributed by atoms with Crippen molar-refractivity contribution in [3.8, 4) is 0 Å². The number of rotatable bonds is 4. The van der Waals surface area contributed by atoms with E-state index in [1.54, 1.807) is 6.92 Å². The summed E-state index contributed by atoms with van der Waals surface area (Å²) in [5.74, 6) is 0.272. The standard InChI is InChI=1S/C8H17NO2S/c1-3-12(10,11)8(7-9-2)5-4-6-8/h9H,3-7H2,1-2H3. The van der Waals surface area contributed by atoms with Crippen LogP contribution in [0, 0.1) is 0 Å². The molecule has 0 saturated heterocycles. The molecule has 0 amide bonds. The van der Waals surface area contributed by atoms with Gasteiger partial charge in [0.2, 0.25) is 0 Å². The lowest BCUT2D eigenvalue weighted by atomic mass is 9.84. The third kappa shape index (κ3) is 1.38. The molecule has 1 N–H and O–H groups in total. The van der Waals surface area contributed by atoms with E-state index in [0.717, 1.165) is 19.3 Å². The Bertz CT molecular complexity index is 242. The van der Waals surface area contributed by atoms with Crippen LogP contribution in [-0.2, 0) is 9.84 Å². The van der Waals surface area contributed by atoms with Gasteiger partial charge >= 0.3 is 0 Å². The Morgan fingerprint density at radius 1 is 1.42 bits per heavy atom. The lowest BCUT2D eigenvalue weighted by Crippen LogP contribution is -2.52. The lowest BCUT2D eigenvalue weighted by molar-refractivity contribution is 0.329. The first-order chi connectivity index (χ1) is 5.58. The third-order valence-electron chi connectivity index (χ3n) is 2.80. The molecule has 0 spiro atoms. The summed E-state index contributed by atoms with van der Waals surface area (Å²) in [6, 6.07) is 0. The number of sulfone groups is 1. The number of hydrogen-bond donors (Lipinski definition) is 1. The van der Waals surface area contributed by atoms with E-state index in [-0.39, 0.29) is 5.75 Å². The SMILES string of the molecule is CCS(=O)(=O)C1(CNC)CCC1. The molecule has 4 heteroatoms. The van der Waals surface area contributed by atoms with Crippen molar-refractivity contribution in [2.75, 3.05) is 19.3 Å². The lowest BCUT2D eigenvalue weighted by Gasteiger charge is -2.40. The average molecular weight is 191 g/mol. The van der Waals surface area contributed by atoms with Gasteiger partial charge in [-0.25, -0.2) is 8.42 Å². The highest BCUT2D eigenvalue weighted by molar-refractivity contribution is 7.92. The maximum absolute atomic E-state index is 11.7.